The van der Waals surface area contributed by atoms with Crippen LogP contribution in [0, 0.1) is 0 Å². The molecule has 0 radical (unpaired) electrons. The number of nitrogens with one attached hydrogen (secondary N) is 2. The monoisotopic (exact) mass is 435 g/mol. The minimum atomic E-state index is -0.703. The van der Waals surface area contributed by atoms with Crippen molar-refractivity contribution in [2.75, 3.05) is 19.4 Å². The first kappa shape index (κ1) is 22.9. The molecule has 0 aliphatic carbocycles. The van der Waals surface area contributed by atoms with Gasteiger partial charge in [0.1, 0.15) is 6.04 Å². The molecule has 2 aromatic carbocycles. The number of nitrogens with zero attached hydrogens (tertiary/aromatic N) is 1. The summed E-state index contributed by atoms with van der Waals surface area (Å²) in [7, 11) is 1.51. The molecule has 0 saturated heterocycles. The van der Waals surface area contributed by atoms with Crippen LogP contribution in [0.15, 0.2) is 48.5 Å². The van der Waals surface area contributed by atoms with E-state index in [-0.39, 0.29) is 6.61 Å². The van der Waals surface area contributed by atoms with Gasteiger partial charge in [-0.25, -0.2) is 20.0 Å². The first-order valence-corrected chi connectivity index (χ1v) is 10.9. The van der Waals surface area contributed by atoms with E-state index in [0.29, 0.717) is 5.02 Å². The van der Waals surface area contributed by atoms with Crippen molar-refractivity contribution >= 4 is 35.5 Å². The number of carbonyl (C=O) groups is 2. The summed E-state index contributed by atoms with van der Waals surface area (Å²) in [6.45, 7) is 4.02. The third-order valence-electron chi connectivity index (χ3n) is 4.13. The molecule has 156 valence electrons. The van der Waals surface area contributed by atoms with Gasteiger partial charge in [-0.05, 0) is 41.5 Å². The lowest BCUT2D eigenvalue weighted by Gasteiger charge is -2.32. The number of halogens is 1. The van der Waals surface area contributed by atoms with Crippen molar-refractivity contribution in [1.82, 2.24) is 15.8 Å². The van der Waals surface area contributed by atoms with Crippen LogP contribution < -0.4 is 10.7 Å². The van der Waals surface area contributed by atoms with Crippen molar-refractivity contribution in [3.63, 3.8) is 0 Å². The van der Waals surface area contributed by atoms with Crippen LogP contribution in [0.3, 0.4) is 0 Å². The Morgan fingerprint density at radius 2 is 1.66 bits per heavy atom. The van der Waals surface area contributed by atoms with Crippen LogP contribution in [0.5, 0.6) is 0 Å². The van der Waals surface area contributed by atoms with Gasteiger partial charge in [0.15, 0.2) is 0 Å². The second-order valence-electron chi connectivity index (χ2n) is 6.09. The highest BCUT2D eigenvalue weighted by molar-refractivity contribution is 7.98. The lowest BCUT2D eigenvalue weighted by molar-refractivity contribution is 0.106. The highest BCUT2D eigenvalue weighted by Crippen LogP contribution is 2.29. The zero-order valence-corrected chi connectivity index (χ0v) is 18.3. The lowest BCUT2D eigenvalue weighted by Crippen LogP contribution is -2.52. The number of hydrazine groups is 1. The first-order valence-electron chi connectivity index (χ1n) is 9.36. The molecular weight excluding hydrogens is 410 g/mol. The number of benzene rings is 2. The Balaban J connectivity index is 2.45. The highest BCUT2D eigenvalue weighted by Gasteiger charge is 2.28. The zero-order chi connectivity index (χ0) is 21.2. The summed E-state index contributed by atoms with van der Waals surface area (Å²) < 4.78 is 4.98. The maximum atomic E-state index is 12.6. The van der Waals surface area contributed by atoms with Crippen LogP contribution in [0.2, 0.25) is 5.02 Å². The van der Waals surface area contributed by atoms with Crippen molar-refractivity contribution in [3.05, 3.63) is 70.2 Å². The summed E-state index contributed by atoms with van der Waals surface area (Å²) in [5.41, 5.74) is 5.39. The van der Waals surface area contributed by atoms with E-state index < -0.39 is 18.2 Å². The Bertz CT molecular complexity index is 800. The standard InChI is InChI=1S/C21H26ClN3O3S/c1-4-28-21(27)24-25(20(26)23-3)19(17-10-12-18(22)13-11-17)16-8-6-15(7-9-16)14-29-5-2/h6-13,19H,4-5,14H2,1-3H3,(H,23,26)(H,24,27). The number of hydrogen-bond acceptors (Lipinski definition) is 4. The molecule has 1 atom stereocenters. The van der Waals surface area contributed by atoms with E-state index in [0.717, 1.165) is 22.6 Å². The zero-order valence-electron chi connectivity index (χ0n) is 16.8. The van der Waals surface area contributed by atoms with Crippen LogP contribution in [0.4, 0.5) is 9.59 Å². The normalized spacial score (nSPS) is 11.4. The predicted octanol–water partition coefficient (Wildman–Crippen LogP) is 4.99. The number of carbonyl (C=O) groups excluding carboxylic acids is 2. The predicted molar refractivity (Wildman–Crippen MR) is 118 cm³/mol. The van der Waals surface area contributed by atoms with E-state index in [1.165, 1.54) is 17.6 Å². The van der Waals surface area contributed by atoms with E-state index >= 15 is 0 Å². The molecule has 0 aromatic heterocycles. The van der Waals surface area contributed by atoms with Crippen LogP contribution in [0.25, 0.3) is 0 Å². The quantitative estimate of drug-likeness (QED) is 0.601. The molecule has 0 saturated carbocycles. The first-order chi connectivity index (χ1) is 14.0. The van der Waals surface area contributed by atoms with E-state index in [2.05, 4.69) is 17.7 Å². The van der Waals surface area contributed by atoms with Gasteiger partial charge in [0, 0.05) is 17.8 Å². The number of thioether (sulfide) groups is 1. The van der Waals surface area contributed by atoms with E-state index in [9.17, 15) is 9.59 Å². The topological polar surface area (TPSA) is 70.7 Å². The second-order valence-corrected chi connectivity index (χ2v) is 7.80. The number of rotatable bonds is 7. The molecule has 6 nitrogen and oxygen atoms in total. The molecule has 29 heavy (non-hydrogen) atoms. The molecule has 1 unspecified atom stereocenters. The third-order valence-corrected chi connectivity index (χ3v) is 5.33. The van der Waals surface area contributed by atoms with E-state index in [1.54, 1.807) is 19.1 Å². The molecule has 0 spiro atoms. The Labute approximate surface area is 180 Å². The van der Waals surface area contributed by atoms with Gasteiger partial charge < -0.3 is 10.1 Å². The van der Waals surface area contributed by atoms with E-state index in [4.69, 9.17) is 16.3 Å². The number of urea groups is 1. The van der Waals surface area contributed by atoms with Gasteiger partial charge in [0.25, 0.3) is 0 Å². The summed E-state index contributed by atoms with van der Waals surface area (Å²) >= 11 is 7.88. The molecular formula is C21H26ClN3O3S. The third kappa shape index (κ3) is 6.58. The van der Waals surface area contributed by atoms with Gasteiger partial charge in [-0.2, -0.15) is 11.8 Å². The molecule has 2 N–H and O–H groups in total. The molecule has 0 aliphatic rings. The Hall–Kier alpha value is -2.38. The van der Waals surface area contributed by atoms with Crippen LogP contribution >= 0.6 is 23.4 Å². The Kier molecular flexibility index (Phi) is 9.15. The molecule has 0 aliphatic heterocycles. The van der Waals surface area contributed by atoms with Gasteiger partial charge in [0.05, 0.1) is 6.61 Å². The molecule has 0 bridgehead atoms. The van der Waals surface area contributed by atoms with Gasteiger partial charge >= 0.3 is 12.1 Å². The Morgan fingerprint density at radius 3 is 2.17 bits per heavy atom. The maximum absolute atomic E-state index is 12.6. The minimum absolute atomic E-state index is 0.197. The fourth-order valence-corrected chi connectivity index (χ4v) is 3.52. The fraction of sp³-hybridized carbons (Fsp3) is 0.333. The minimum Gasteiger partial charge on any atom is -0.449 e. The average molecular weight is 436 g/mol. The molecule has 0 heterocycles. The largest absolute Gasteiger partial charge is 0.449 e. The van der Waals surface area contributed by atoms with Gasteiger partial charge in [0.2, 0.25) is 0 Å². The van der Waals surface area contributed by atoms with Gasteiger partial charge in [-0.3, -0.25) is 0 Å². The SMILES string of the molecule is CCOC(=O)NN(C(=O)NC)C(c1ccc(Cl)cc1)c1ccc(CSCC)cc1. The lowest BCUT2D eigenvalue weighted by atomic mass is 9.97. The molecule has 8 heteroatoms. The van der Waals surface area contributed by atoms with Crippen molar-refractivity contribution in [2.45, 2.75) is 25.6 Å². The van der Waals surface area contributed by atoms with Crippen molar-refractivity contribution in [2.24, 2.45) is 0 Å². The highest BCUT2D eigenvalue weighted by atomic mass is 35.5. The smallest absolute Gasteiger partial charge is 0.426 e. The van der Waals surface area contributed by atoms with Crippen molar-refractivity contribution in [3.8, 4) is 0 Å². The maximum Gasteiger partial charge on any atom is 0.426 e. The summed E-state index contributed by atoms with van der Waals surface area (Å²) in [6, 6.07) is 14.1. The summed E-state index contributed by atoms with van der Waals surface area (Å²) in [6.07, 6.45) is -0.703. The Morgan fingerprint density at radius 1 is 1.07 bits per heavy atom. The summed E-state index contributed by atoms with van der Waals surface area (Å²) in [5.74, 6) is 1.96. The van der Waals surface area contributed by atoms with Crippen LogP contribution in [0.1, 0.15) is 36.6 Å². The van der Waals surface area contributed by atoms with Crippen LogP contribution in [-0.4, -0.2) is 36.5 Å². The second kappa shape index (κ2) is 11.6. The number of amides is 3. The molecule has 3 amide bonds. The van der Waals surface area contributed by atoms with E-state index in [1.807, 2.05) is 48.2 Å². The van der Waals surface area contributed by atoms with Gasteiger partial charge in [-0.15, -0.1) is 0 Å². The molecule has 0 fully saturated rings. The fourth-order valence-electron chi connectivity index (χ4n) is 2.77. The summed E-state index contributed by atoms with van der Waals surface area (Å²) in [4.78, 5) is 24.7. The average Bonchev–Trinajstić information content (AvgIpc) is 2.73. The summed E-state index contributed by atoms with van der Waals surface area (Å²) in [5, 5.41) is 4.39. The van der Waals surface area contributed by atoms with Crippen molar-refractivity contribution in [1.29, 1.82) is 0 Å². The number of hydrogen-bond donors (Lipinski definition) is 2. The number of ether oxygens (including phenoxy) is 1. The van der Waals surface area contributed by atoms with Gasteiger partial charge in [-0.1, -0.05) is 54.9 Å². The molecule has 2 aromatic rings. The molecule has 2 rings (SSSR count). The van der Waals surface area contributed by atoms with Crippen LogP contribution in [-0.2, 0) is 10.5 Å². The van der Waals surface area contributed by atoms with Crippen molar-refractivity contribution < 1.29 is 14.3 Å².